The van der Waals surface area contributed by atoms with Crippen LogP contribution in [0.4, 0.5) is 5.69 Å². The Kier molecular flexibility index (Phi) is 5.30. The molecule has 1 aliphatic heterocycles. The van der Waals surface area contributed by atoms with Crippen LogP contribution in [0.2, 0.25) is 0 Å². The van der Waals surface area contributed by atoms with E-state index in [9.17, 15) is 9.59 Å². The molecular formula is C19H19BrN2O2. The van der Waals surface area contributed by atoms with Crippen molar-refractivity contribution in [3.05, 3.63) is 64.1 Å². The van der Waals surface area contributed by atoms with Crippen LogP contribution in [-0.4, -0.2) is 29.8 Å². The number of benzene rings is 2. The molecule has 1 aliphatic rings. The van der Waals surface area contributed by atoms with Crippen molar-refractivity contribution in [1.82, 2.24) is 4.90 Å². The maximum Gasteiger partial charge on any atom is 0.255 e. The van der Waals surface area contributed by atoms with Gasteiger partial charge in [-0.2, -0.15) is 0 Å². The average molecular weight is 387 g/mol. The number of amides is 2. The van der Waals surface area contributed by atoms with Gasteiger partial charge in [0.05, 0.1) is 0 Å². The Hall–Kier alpha value is -2.14. The zero-order valence-corrected chi connectivity index (χ0v) is 14.9. The number of nitrogens with one attached hydrogen (secondary N) is 1. The lowest BCUT2D eigenvalue weighted by molar-refractivity contribution is 0.0724. The van der Waals surface area contributed by atoms with Crippen LogP contribution in [0.1, 0.15) is 40.0 Å². The number of hydrogen-bond acceptors (Lipinski definition) is 2. The monoisotopic (exact) mass is 386 g/mol. The van der Waals surface area contributed by atoms with Gasteiger partial charge in [-0.1, -0.05) is 28.1 Å². The summed E-state index contributed by atoms with van der Waals surface area (Å²) in [5.41, 5.74) is 1.76. The van der Waals surface area contributed by atoms with Crippen LogP contribution in [0, 0.1) is 0 Å². The van der Waals surface area contributed by atoms with E-state index in [4.69, 9.17) is 0 Å². The third-order valence-electron chi connectivity index (χ3n) is 4.10. The quantitative estimate of drug-likeness (QED) is 0.853. The molecule has 24 heavy (non-hydrogen) atoms. The van der Waals surface area contributed by atoms with Crippen molar-refractivity contribution in [3.63, 3.8) is 0 Å². The number of likely N-dealkylation sites (tertiary alicyclic amines) is 1. The summed E-state index contributed by atoms with van der Waals surface area (Å²) < 4.78 is 0.898. The number of hydrogen-bond donors (Lipinski definition) is 1. The van der Waals surface area contributed by atoms with Crippen LogP contribution in [0.5, 0.6) is 0 Å². The van der Waals surface area contributed by atoms with E-state index in [-0.39, 0.29) is 11.8 Å². The predicted molar refractivity (Wildman–Crippen MR) is 98.3 cm³/mol. The maximum absolute atomic E-state index is 12.6. The lowest BCUT2D eigenvalue weighted by Gasteiger charge is -2.26. The van der Waals surface area contributed by atoms with Gasteiger partial charge in [0.2, 0.25) is 0 Å². The molecule has 0 aromatic heterocycles. The molecule has 0 spiro atoms. The van der Waals surface area contributed by atoms with E-state index >= 15 is 0 Å². The van der Waals surface area contributed by atoms with E-state index in [0.717, 1.165) is 30.4 Å². The molecule has 0 atom stereocenters. The molecule has 124 valence electrons. The first-order valence-corrected chi connectivity index (χ1v) is 8.89. The highest BCUT2D eigenvalue weighted by atomic mass is 79.9. The van der Waals surface area contributed by atoms with Crippen LogP contribution in [0.25, 0.3) is 0 Å². The Morgan fingerprint density at radius 2 is 1.62 bits per heavy atom. The fourth-order valence-corrected chi connectivity index (χ4v) is 3.24. The second kappa shape index (κ2) is 7.62. The molecular weight excluding hydrogens is 368 g/mol. The lowest BCUT2D eigenvalue weighted by Crippen LogP contribution is -2.35. The third-order valence-corrected chi connectivity index (χ3v) is 4.59. The van der Waals surface area contributed by atoms with Crippen molar-refractivity contribution in [2.45, 2.75) is 19.3 Å². The number of nitrogens with zero attached hydrogens (tertiary/aromatic N) is 1. The second-order valence-electron chi connectivity index (χ2n) is 5.90. The molecule has 2 aromatic rings. The van der Waals surface area contributed by atoms with Crippen molar-refractivity contribution in [2.75, 3.05) is 18.4 Å². The predicted octanol–water partition coefficient (Wildman–Crippen LogP) is 4.33. The molecule has 0 unspecified atom stereocenters. The molecule has 4 nitrogen and oxygen atoms in total. The van der Waals surface area contributed by atoms with E-state index in [2.05, 4.69) is 21.2 Å². The summed E-state index contributed by atoms with van der Waals surface area (Å²) in [6, 6.07) is 14.3. The van der Waals surface area contributed by atoms with Gasteiger partial charge in [0.15, 0.2) is 0 Å². The minimum atomic E-state index is -0.221. The van der Waals surface area contributed by atoms with Gasteiger partial charge in [0.25, 0.3) is 11.8 Å². The Labute approximate surface area is 150 Å². The summed E-state index contributed by atoms with van der Waals surface area (Å²) in [6.07, 6.45) is 3.28. The van der Waals surface area contributed by atoms with Gasteiger partial charge < -0.3 is 10.2 Å². The fraction of sp³-hybridized carbons (Fsp3) is 0.263. The smallest absolute Gasteiger partial charge is 0.255 e. The standard InChI is InChI=1S/C19H19BrN2O2/c20-16-8-5-9-17(13-16)21-18(23)14-6-4-7-15(12-14)19(24)22-10-2-1-3-11-22/h4-9,12-13H,1-3,10-11H2,(H,21,23). The van der Waals surface area contributed by atoms with Gasteiger partial charge in [0.1, 0.15) is 0 Å². The molecule has 0 bridgehead atoms. The normalized spacial score (nSPS) is 14.3. The van der Waals surface area contributed by atoms with Crippen molar-refractivity contribution >= 4 is 33.4 Å². The molecule has 0 aliphatic carbocycles. The van der Waals surface area contributed by atoms with E-state index in [0.29, 0.717) is 16.8 Å². The highest BCUT2D eigenvalue weighted by Gasteiger charge is 2.19. The van der Waals surface area contributed by atoms with Crippen LogP contribution >= 0.6 is 15.9 Å². The fourth-order valence-electron chi connectivity index (χ4n) is 2.84. The summed E-state index contributed by atoms with van der Waals surface area (Å²) in [4.78, 5) is 26.9. The van der Waals surface area contributed by atoms with Crippen molar-refractivity contribution in [2.24, 2.45) is 0 Å². The molecule has 1 saturated heterocycles. The number of piperidine rings is 1. The molecule has 1 fully saturated rings. The van der Waals surface area contributed by atoms with Crippen LogP contribution < -0.4 is 5.32 Å². The van der Waals surface area contributed by atoms with Gasteiger partial charge in [0, 0.05) is 34.4 Å². The summed E-state index contributed by atoms with van der Waals surface area (Å²) in [5.74, 6) is -0.215. The summed E-state index contributed by atoms with van der Waals surface area (Å²) >= 11 is 3.38. The average Bonchev–Trinajstić information content (AvgIpc) is 2.62. The van der Waals surface area contributed by atoms with Gasteiger partial charge in [-0.25, -0.2) is 0 Å². The van der Waals surface area contributed by atoms with E-state index in [1.807, 2.05) is 29.2 Å². The first-order chi connectivity index (χ1) is 11.6. The molecule has 1 N–H and O–H groups in total. The van der Waals surface area contributed by atoms with Gasteiger partial charge in [-0.3, -0.25) is 9.59 Å². The lowest BCUT2D eigenvalue weighted by atomic mass is 10.1. The zero-order valence-electron chi connectivity index (χ0n) is 13.3. The largest absolute Gasteiger partial charge is 0.339 e. The van der Waals surface area contributed by atoms with Crippen LogP contribution in [0.15, 0.2) is 53.0 Å². The number of carbonyl (C=O) groups excluding carboxylic acids is 2. The first kappa shape index (κ1) is 16.7. The molecule has 5 heteroatoms. The minimum Gasteiger partial charge on any atom is -0.339 e. The maximum atomic E-state index is 12.6. The molecule has 1 heterocycles. The molecule has 3 rings (SSSR count). The first-order valence-electron chi connectivity index (χ1n) is 8.10. The topological polar surface area (TPSA) is 49.4 Å². The minimum absolute atomic E-state index is 0.00630. The van der Waals surface area contributed by atoms with E-state index in [1.165, 1.54) is 6.42 Å². The number of anilines is 1. The van der Waals surface area contributed by atoms with Gasteiger partial charge in [-0.05, 0) is 55.7 Å². The van der Waals surface area contributed by atoms with E-state index in [1.54, 1.807) is 24.3 Å². The van der Waals surface area contributed by atoms with Crippen molar-refractivity contribution in [3.8, 4) is 0 Å². The Morgan fingerprint density at radius 3 is 2.38 bits per heavy atom. The molecule has 2 amide bonds. The van der Waals surface area contributed by atoms with Gasteiger partial charge in [-0.15, -0.1) is 0 Å². The van der Waals surface area contributed by atoms with Crippen LogP contribution in [-0.2, 0) is 0 Å². The van der Waals surface area contributed by atoms with Crippen LogP contribution in [0.3, 0.4) is 0 Å². The SMILES string of the molecule is O=C(Nc1cccc(Br)c1)c1cccc(C(=O)N2CCCCC2)c1. The Balaban J connectivity index is 1.74. The van der Waals surface area contributed by atoms with E-state index < -0.39 is 0 Å². The summed E-state index contributed by atoms with van der Waals surface area (Å²) in [6.45, 7) is 1.60. The zero-order chi connectivity index (χ0) is 16.9. The highest BCUT2D eigenvalue weighted by Crippen LogP contribution is 2.18. The number of rotatable bonds is 3. The van der Waals surface area contributed by atoms with Crippen molar-refractivity contribution in [1.29, 1.82) is 0 Å². The van der Waals surface area contributed by atoms with Gasteiger partial charge >= 0.3 is 0 Å². The number of halogens is 1. The summed E-state index contributed by atoms with van der Waals surface area (Å²) in [5, 5.41) is 2.85. The third kappa shape index (κ3) is 4.03. The molecule has 0 radical (unpaired) electrons. The molecule has 0 saturated carbocycles. The second-order valence-corrected chi connectivity index (χ2v) is 6.81. The number of carbonyl (C=O) groups is 2. The summed E-state index contributed by atoms with van der Waals surface area (Å²) in [7, 11) is 0. The highest BCUT2D eigenvalue weighted by molar-refractivity contribution is 9.10. The van der Waals surface area contributed by atoms with Crippen molar-refractivity contribution < 1.29 is 9.59 Å². The Morgan fingerprint density at radius 1 is 0.917 bits per heavy atom. The molecule has 2 aromatic carbocycles. The Bertz CT molecular complexity index is 755.